The molecule has 0 saturated heterocycles. The number of allylic oxidation sites excluding steroid dienone is 1. The first kappa shape index (κ1) is 20.6. The topological polar surface area (TPSA) is 47.7 Å². The van der Waals surface area contributed by atoms with Gasteiger partial charge in [-0.2, -0.15) is 9.59 Å². The molecule has 0 N–H and O–H groups in total. The first-order valence-electron chi connectivity index (χ1n) is 8.73. The quantitative estimate of drug-likeness (QED) is 0.395. The van der Waals surface area contributed by atoms with E-state index in [1.165, 1.54) is 5.39 Å². The van der Waals surface area contributed by atoms with Crippen molar-refractivity contribution in [2.45, 2.75) is 20.8 Å². The highest BCUT2D eigenvalue weighted by molar-refractivity contribution is 5.99. The molecule has 3 aromatic carbocycles. The highest BCUT2D eigenvalue weighted by Crippen LogP contribution is 2.38. The molecule has 0 heterocycles. The van der Waals surface area contributed by atoms with Crippen molar-refractivity contribution in [2.75, 3.05) is 0 Å². The number of ether oxygens (including phenoxy) is 1. The fourth-order valence-electron chi connectivity index (χ4n) is 2.66. The zero-order valence-electron chi connectivity index (χ0n) is 16.1. The average molecular weight is 371 g/mol. The minimum absolute atomic E-state index is 0.0638. The smallest absolute Gasteiger partial charge is 0.373 e. The molecule has 0 saturated carbocycles. The van der Waals surface area contributed by atoms with E-state index in [-0.39, 0.29) is 11.6 Å². The fourth-order valence-corrected chi connectivity index (χ4v) is 2.66. The summed E-state index contributed by atoms with van der Waals surface area (Å²) in [5, 5.41) is 2.30. The first-order valence-corrected chi connectivity index (χ1v) is 8.73. The number of hydrogen-bond acceptors (Lipinski definition) is 3. The molecule has 0 radical (unpaired) electrons. The van der Waals surface area contributed by atoms with E-state index in [1.54, 1.807) is 6.26 Å². The van der Waals surface area contributed by atoms with Gasteiger partial charge in [-0.1, -0.05) is 75.4 Å². The molecule has 0 aliphatic heterocycles. The molecule has 4 nitrogen and oxygen atoms in total. The van der Waals surface area contributed by atoms with Crippen LogP contribution in [-0.2, 0) is 9.59 Å². The van der Waals surface area contributed by atoms with Crippen molar-refractivity contribution in [2.24, 2.45) is 5.41 Å². The number of carbonyl (C=O) groups excluding carboxylic acids is 2. The molecular formula is C24H21NO3. The Hall–Kier alpha value is -3.67. The lowest BCUT2D eigenvalue weighted by molar-refractivity contribution is -0.191. The Morgan fingerprint density at radius 1 is 0.964 bits per heavy atom. The van der Waals surface area contributed by atoms with Crippen LogP contribution in [0.1, 0.15) is 20.8 Å². The molecule has 0 unspecified atom stereocenters. The highest BCUT2D eigenvalue weighted by Gasteiger charge is 2.11. The predicted molar refractivity (Wildman–Crippen MR) is 110 cm³/mol. The standard InChI is InChI=1S/C23H21NO.CO2/c1-23(2,3)15-16-25-21-14-11-17-7-5-6-8-20(17)22(21)18-9-12-19(24-4)13-10-18;2-1-3/h5-16H,1-3H3;/b16-15-;. The van der Waals surface area contributed by atoms with E-state index >= 15 is 0 Å². The van der Waals surface area contributed by atoms with E-state index in [0.717, 1.165) is 22.3 Å². The Kier molecular flexibility index (Phi) is 6.87. The molecule has 0 bridgehead atoms. The van der Waals surface area contributed by atoms with Crippen LogP contribution < -0.4 is 4.74 Å². The molecule has 3 aromatic rings. The molecule has 3 rings (SSSR count). The number of benzene rings is 3. The van der Waals surface area contributed by atoms with Crippen LogP contribution in [0.4, 0.5) is 5.69 Å². The Balaban J connectivity index is 0.000000878. The Morgan fingerprint density at radius 2 is 1.61 bits per heavy atom. The van der Waals surface area contributed by atoms with Crippen molar-refractivity contribution in [1.82, 2.24) is 0 Å². The van der Waals surface area contributed by atoms with Gasteiger partial charge in [0.1, 0.15) is 5.75 Å². The molecule has 0 amide bonds. The van der Waals surface area contributed by atoms with E-state index in [9.17, 15) is 0 Å². The molecule has 0 spiro atoms. The SMILES string of the molecule is O=C=O.[C-]#[N+]c1ccc(-c2c(O/C=C\C(C)(C)C)ccc3ccccc23)cc1. The van der Waals surface area contributed by atoms with Crippen LogP contribution >= 0.6 is 0 Å². The van der Waals surface area contributed by atoms with Crippen molar-refractivity contribution in [3.63, 3.8) is 0 Å². The van der Waals surface area contributed by atoms with Crippen LogP contribution in [0.15, 0.2) is 73.0 Å². The normalized spacial score (nSPS) is 10.6. The second-order valence-corrected chi connectivity index (χ2v) is 7.19. The Bertz CT molecular complexity index is 1050. The summed E-state index contributed by atoms with van der Waals surface area (Å²) < 4.78 is 5.99. The van der Waals surface area contributed by atoms with Gasteiger partial charge >= 0.3 is 6.15 Å². The van der Waals surface area contributed by atoms with Crippen molar-refractivity contribution in [3.8, 4) is 16.9 Å². The van der Waals surface area contributed by atoms with E-state index in [1.807, 2.05) is 48.5 Å². The van der Waals surface area contributed by atoms with Gasteiger partial charge in [-0.15, -0.1) is 0 Å². The second-order valence-electron chi connectivity index (χ2n) is 7.19. The van der Waals surface area contributed by atoms with Gasteiger partial charge in [0.05, 0.1) is 12.8 Å². The number of hydrogen-bond donors (Lipinski definition) is 0. The van der Waals surface area contributed by atoms with Gasteiger partial charge < -0.3 is 4.74 Å². The molecule has 140 valence electrons. The van der Waals surface area contributed by atoms with Crippen molar-refractivity contribution < 1.29 is 14.3 Å². The number of fused-ring (bicyclic) bond motifs is 1. The highest BCUT2D eigenvalue weighted by atomic mass is 16.5. The van der Waals surface area contributed by atoms with Crippen molar-refractivity contribution in [3.05, 3.63) is 84.4 Å². The molecule has 0 aliphatic carbocycles. The van der Waals surface area contributed by atoms with E-state index in [4.69, 9.17) is 20.9 Å². The lowest BCUT2D eigenvalue weighted by atomic mass is 9.96. The average Bonchev–Trinajstić information content (AvgIpc) is 2.67. The zero-order valence-corrected chi connectivity index (χ0v) is 16.1. The van der Waals surface area contributed by atoms with Gasteiger partial charge in [0.15, 0.2) is 5.69 Å². The second kappa shape index (κ2) is 9.32. The first-order chi connectivity index (χ1) is 13.4. The summed E-state index contributed by atoms with van der Waals surface area (Å²) in [5.41, 5.74) is 2.80. The van der Waals surface area contributed by atoms with Crippen LogP contribution in [0.5, 0.6) is 5.75 Å². The van der Waals surface area contributed by atoms with Crippen LogP contribution in [0.3, 0.4) is 0 Å². The molecule has 0 aliphatic rings. The number of nitrogens with zero attached hydrogens (tertiary/aromatic N) is 1. The summed E-state index contributed by atoms with van der Waals surface area (Å²) in [4.78, 5) is 19.7. The molecule has 28 heavy (non-hydrogen) atoms. The summed E-state index contributed by atoms with van der Waals surface area (Å²) in [6, 6.07) is 20.0. The fraction of sp³-hybridized carbons (Fsp3) is 0.167. The Morgan fingerprint density at radius 3 is 2.21 bits per heavy atom. The zero-order chi connectivity index (χ0) is 20.6. The van der Waals surface area contributed by atoms with Crippen LogP contribution in [0.2, 0.25) is 0 Å². The maximum atomic E-state index is 8.12. The summed E-state index contributed by atoms with van der Waals surface area (Å²) in [6.07, 6.45) is 4.06. The third-order valence-corrected chi connectivity index (χ3v) is 3.94. The van der Waals surface area contributed by atoms with E-state index in [0.29, 0.717) is 5.69 Å². The minimum atomic E-state index is 0.0638. The summed E-state index contributed by atoms with van der Waals surface area (Å²) >= 11 is 0. The van der Waals surface area contributed by atoms with E-state index in [2.05, 4.69) is 43.8 Å². The van der Waals surface area contributed by atoms with Gasteiger partial charge in [-0.3, -0.25) is 0 Å². The molecule has 4 heteroatoms. The van der Waals surface area contributed by atoms with Crippen LogP contribution in [-0.4, -0.2) is 6.15 Å². The van der Waals surface area contributed by atoms with Gasteiger partial charge in [-0.25, -0.2) is 4.85 Å². The monoisotopic (exact) mass is 371 g/mol. The maximum Gasteiger partial charge on any atom is 0.373 e. The van der Waals surface area contributed by atoms with Crippen LogP contribution in [0.25, 0.3) is 26.7 Å². The van der Waals surface area contributed by atoms with Gasteiger partial charge in [0, 0.05) is 5.56 Å². The summed E-state index contributed by atoms with van der Waals surface area (Å²) in [6.45, 7) is 13.5. The largest absolute Gasteiger partial charge is 0.465 e. The summed E-state index contributed by atoms with van der Waals surface area (Å²) in [7, 11) is 0. The molecule has 0 fully saturated rings. The van der Waals surface area contributed by atoms with Crippen molar-refractivity contribution >= 4 is 22.6 Å². The maximum absolute atomic E-state index is 8.12. The summed E-state index contributed by atoms with van der Waals surface area (Å²) in [5.74, 6) is 0.815. The van der Waals surface area contributed by atoms with Gasteiger partial charge in [0.25, 0.3) is 0 Å². The van der Waals surface area contributed by atoms with E-state index < -0.39 is 0 Å². The van der Waals surface area contributed by atoms with Gasteiger partial charge in [0.2, 0.25) is 0 Å². The lowest BCUT2D eigenvalue weighted by Crippen LogP contribution is -2.00. The third kappa shape index (κ3) is 5.41. The van der Waals surface area contributed by atoms with Crippen molar-refractivity contribution in [1.29, 1.82) is 0 Å². The number of rotatable bonds is 3. The predicted octanol–water partition coefficient (Wildman–Crippen LogP) is 6.41. The molecule has 0 atom stereocenters. The van der Waals surface area contributed by atoms with Crippen LogP contribution in [0, 0.1) is 12.0 Å². The third-order valence-electron chi connectivity index (χ3n) is 3.94. The Labute approximate surface area is 164 Å². The minimum Gasteiger partial charge on any atom is -0.465 e. The van der Waals surface area contributed by atoms with Gasteiger partial charge in [-0.05, 0) is 33.9 Å². The lowest BCUT2D eigenvalue weighted by Gasteiger charge is -2.15. The molecular weight excluding hydrogens is 350 g/mol. The molecule has 0 aromatic heterocycles.